The lowest BCUT2D eigenvalue weighted by molar-refractivity contribution is 0.0920. The summed E-state index contributed by atoms with van der Waals surface area (Å²) in [5.41, 5.74) is 7.12. The highest BCUT2D eigenvalue weighted by atomic mass is 16.5. The molecule has 0 amide bonds. The van der Waals surface area contributed by atoms with E-state index in [1.807, 2.05) is 26.0 Å². The van der Waals surface area contributed by atoms with E-state index in [0.717, 1.165) is 16.9 Å². The number of aryl methyl sites for hydroxylation is 1. The molecule has 4 heteroatoms. The van der Waals surface area contributed by atoms with Crippen LogP contribution in [0.3, 0.4) is 0 Å². The molecule has 0 aliphatic carbocycles. The fourth-order valence-corrected chi connectivity index (χ4v) is 1.51. The molecule has 1 aromatic rings. The van der Waals surface area contributed by atoms with Crippen LogP contribution in [0.4, 0.5) is 0 Å². The zero-order valence-electron chi connectivity index (χ0n) is 9.91. The van der Waals surface area contributed by atoms with Crippen molar-refractivity contribution < 1.29 is 9.47 Å². The minimum atomic E-state index is 0.00702. The summed E-state index contributed by atoms with van der Waals surface area (Å²) in [5.74, 6) is 0.848. The standard InChI is InChI=1S/C12H18N2O2/c1-8-6-10(16-9(2)7-15-3)4-5-11(8)12(13)14/h4-6,9H,7H2,1-3H3,(H3,13,14). The monoisotopic (exact) mass is 222 g/mol. The first-order valence-corrected chi connectivity index (χ1v) is 5.15. The van der Waals surface area contributed by atoms with Crippen molar-refractivity contribution in [3.63, 3.8) is 0 Å². The SMILES string of the molecule is COCC(C)Oc1ccc(C(=N)N)c(C)c1. The van der Waals surface area contributed by atoms with Gasteiger partial charge in [-0.1, -0.05) is 0 Å². The molecule has 0 aliphatic rings. The average Bonchev–Trinajstić information content (AvgIpc) is 2.17. The molecule has 3 N–H and O–H groups in total. The Balaban J connectivity index is 2.77. The molecule has 4 nitrogen and oxygen atoms in total. The normalized spacial score (nSPS) is 12.2. The van der Waals surface area contributed by atoms with Gasteiger partial charge in [-0.3, -0.25) is 5.41 Å². The summed E-state index contributed by atoms with van der Waals surface area (Å²) in [6.07, 6.45) is 0.00702. The van der Waals surface area contributed by atoms with Gasteiger partial charge in [0.05, 0.1) is 6.61 Å². The number of hydrogen-bond acceptors (Lipinski definition) is 3. The molecule has 16 heavy (non-hydrogen) atoms. The summed E-state index contributed by atoms with van der Waals surface area (Å²) in [6, 6.07) is 5.49. The number of rotatable bonds is 5. The van der Waals surface area contributed by atoms with Crippen LogP contribution < -0.4 is 10.5 Å². The molecule has 1 unspecified atom stereocenters. The van der Waals surface area contributed by atoms with Crippen molar-refractivity contribution in [3.8, 4) is 5.75 Å². The fourth-order valence-electron chi connectivity index (χ4n) is 1.51. The first-order chi connectivity index (χ1) is 7.54. The Hall–Kier alpha value is -1.55. The highest BCUT2D eigenvalue weighted by Crippen LogP contribution is 2.18. The van der Waals surface area contributed by atoms with Crippen LogP contribution in [0.2, 0.25) is 0 Å². The van der Waals surface area contributed by atoms with Crippen LogP contribution in [-0.4, -0.2) is 25.7 Å². The number of nitrogens with one attached hydrogen (secondary N) is 1. The van der Waals surface area contributed by atoms with Crippen molar-refractivity contribution in [1.82, 2.24) is 0 Å². The van der Waals surface area contributed by atoms with E-state index in [0.29, 0.717) is 6.61 Å². The molecule has 0 spiro atoms. The average molecular weight is 222 g/mol. The molecule has 0 heterocycles. The number of amidine groups is 1. The molecular formula is C12H18N2O2. The largest absolute Gasteiger partial charge is 0.488 e. The lowest BCUT2D eigenvalue weighted by atomic mass is 10.1. The maximum Gasteiger partial charge on any atom is 0.123 e. The van der Waals surface area contributed by atoms with Crippen LogP contribution in [-0.2, 0) is 4.74 Å². The van der Waals surface area contributed by atoms with Crippen molar-refractivity contribution in [2.75, 3.05) is 13.7 Å². The van der Waals surface area contributed by atoms with Gasteiger partial charge in [0, 0.05) is 12.7 Å². The molecule has 0 bridgehead atoms. The molecule has 88 valence electrons. The van der Waals surface area contributed by atoms with E-state index in [-0.39, 0.29) is 11.9 Å². The van der Waals surface area contributed by atoms with Crippen LogP contribution in [0.5, 0.6) is 5.75 Å². The van der Waals surface area contributed by atoms with E-state index >= 15 is 0 Å². The third kappa shape index (κ3) is 3.24. The third-order valence-corrected chi connectivity index (χ3v) is 2.23. The second-order valence-electron chi connectivity index (χ2n) is 3.77. The van der Waals surface area contributed by atoms with E-state index in [1.165, 1.54) is 0 Å². The highest BCUT2D eigenvalue weighted by Gasteiger charge is 2.06. The summed E-state index contributed by atoms with van der Waals surface area (Å²) in [4.78, 5) is 0. The number of nitrogens with two attached hydrogens (primary N) is 1. The summed E-state index contributed by atoms with van der Waals surface area (Å²) in [5, 5.41) is 7.37. The van der Waals surface area contributed by atoms with Gasteiger partial charge in [-0.2, -0.15) is 0 Å². The molecule has 0 saturated heterocycles. The van der Waals surface area contributed by atoms with Gasteiger partial charge in [0.15, 0.2) is 0 Å². The predicted molar refractivity (Wildman–Crippen MR) is 64.2 cm³/mol. The van der Waals surface area contributed by atoms with E-state index in [2.05, 4.69) is 0 Å². The van der Waals surface area contributed by atoms with Gasteiger partial charge >= 0.3 is 0 Å². The Morgan fingerprint density at radius 3 is 2.69 bits per heavy atom. The lowest BCUT2D eigenvalue weighted by Crippen LogP contribution is -2.18. The molecule has 1 atom stereocenters. The molecule has 0 aliphatic heterocycles. The number of nitrogen functional groups attached to an aromatic ring is 1. The summed E-state index contributed by atoms with van der Waals surface area (Å²) in [7, 11) is 1.64. The minimum Gasteiger partial charge on any atom is -0.488 e. The highest BCUT2D eigenvalue weighted by molar-refractivity contribution is 5.96. The maximum atomic E-state index is 7.37. The number of methoxy groups -OCH3 is 1. The van der Waals surface area contributed by atoms with Crippen molar-refractivity contribution >= 4 is 5.84 Å². The van der Waals surface area contributed by atoms with Gasteiger partial charge < -0.3 is 15.2 Å². The molecule has 0 fully saturated rings. The summed E-state index contributed by atoms with van der Waals surface area (Å²) < 4.78 is 10.6. The smallest absolute Gasteiger partial charge is 0.123 e. The first kappa shape index (κ1) is 12.5. The Morgan fingerprint density at radius 1 is 1.50 bits per heavy atom. The molecule has 1 rings (SSSR count). The lowest BCUT2D eigenvalue weighted by Gasteiger charge is -2.15. The zero-order valence-corrected chi connectivity index (χ0v) is 9.91. The number of benzene rings is 1. The van der Waals surface area contributed by atoms with Crippen molar-refractivity contribution in [2.24, 2.45) is 5.73 Å². The molecule has 0 aromatic heterocycles. The quantitative estimate of drug-likeness (QED) is 0.588. The van der Waals surface area contributed by atoms with Gasteiger partial charge in [-0.25, -0.2) is 0 Å². The van der Waals surface area contributed by atoms with Crippen LogP contribution in [0, 0.1) is 12.3 Å². The zero-order chi connectivity index (χ0) is 12.1. The van der Waals surface area contributed by atoms with E-state index < -0.39 is 0 Å². The minimum absolute atomic E-state index is 0.00702. The van der Waals surface area contributed by atoms with Crippen LogP contribution in [0.15, 0.2) is 18.2 Å². The summed E-state index contributed by atoms with van der Waals surface area (Å²) in [6.45, 7) is 4.40. The van der Waals surface area contributed by atoms with Crippen LogP contribution in [0.1, 0.15) is 18.1 Å². The van der Waals surface area contributed by atoms with E-state index in [1.54, 1.807) is 13.2 Å². The molecular weight excluding hydrogens is 204 g/mol. The molecule has 1 aromatic carbocycles. The molecule has 0 radical (unpaired) electrons. The topological polar surface area (TPSA) is 68.3 Å². The Labute approximate surface area is 95.9 Å². The second-order valence-corrected chi connectivity index (χ2v) is 3.77. The number of hydrogen-bond donors (Lipinski definition) is 2. The van der Waals surface area contributed by atoms with Crippen molar-refractivity contribution in [1.29, 1.82) is 5.41 Å². The van der Waals surface area contributed by atoms with Crippen LogP contribution in [0.25, 0.3) is 0 Å². The first-order valence-electron chi connectivity index (χ1n) is 5.15. The van der Waals surface area contributed by atoms with Gasteiger partial charge in [0.1, 0.15) is 17.7 Å². The molecule has 0 saturated carbocycles. The maximum absolute atomic E-state index is 7.37. The summed E-state index contributed by atoms with van der Waals surface area (Å²) >= 11 is 0. The van der Waals surface area contributed by atoms with E-state index in [4.69, 9.17) is 20.6 Å². The number of ether oxygens (including phenoxy) is 2. The Kier molecular flexibility index (Phi) is 4.31. The Bertz CT molecular complexity index is 377. The fraction of sp³-hybridized carbons (Fsp3) is 0.417. The van der Waals surface area contributed by atoms with Gasteiger partial charge in [0.2, 0.25) is 0 Å². The van der Waals surface area contributed by atoms with Gasteiger partial charge in [-0.05, 0) is 37.6 Å². The second kappa shape index (κ2) is 5.51. The third-order valence-electron chi connectivity index (χ3n) is 2.23. The van der Waals surface area contributed by atoms with Crippen LogP contribution >= 0.6 is 0 Å². The van der Waals surface area contributed by atoms with E-state index in [9.17, 15) is 0 Å². The predicted octanol–water partition coefficient (Wildman–Crippen LogP) is 1.69. The van der Waals surface area contributed by atoms with Gasteiger partial charge in [0.25, 0.3) is 0 Å². The Morgan fingerprint density at radius 2 is 2.19 bits per heavy atom. The van der Waals surface area contributed by atoms with Crippen molar-refractivity contribution in [3.05, 3.63) is 29.3 Å². The van der Waals surface area contributed by atoms with Gasteiger partial charge in [-0.15, -0.1) is 0 Å². The van der Waals surface area contributed by atoms with Crippen molar-refractivity contribution in [2.45, 2.75) is 20.0 Å².